The molecule has 1 saturated heterocycles. The number of hydrogen-bond acceptors (Lipinski definition) is 5. The molecule has 0 N–H and O–H groups in total. The number of aromatic nitrogens is 2. The Bertz CT molecular complexity index is 487. The molecule has 1 amide bonds. The zero-order chi connectivity index (χ0) is 16.1. The van der Waals surface area contributed by atoms with Crippen LogP contribution in [0.1, 0.15) is 51.7 Å². The van der Waals surface area contributed by atoms with Gasteiger partial charge in [-0.05, 0) is 38.0 Å². The molecule has 0 radical (unpaired) electrons. The van der Waals surface area contributed by atoms with Crippen LogP contribution < -0.4 is 0 Å². The lowest BCUT2D eigenvalue weighted by Crippen LogP contribution is -2.44. The minimum absolute atomic E-state index is 0.0593. The van der Waals surface area contributed by atoms with Gasteiger partial charge in [-0.25, -0.2) is 0 Å². The molecule has 0 aromatic carbocycles. The summed E-state index contributed by atoms with van der Waals surface area (Å²) >= 11 is 0. The molecular weight excluding hydrogens is 282 g/mol. The second-order valence-corrected chi connectivity index (χ2v) is 6.60. The minimum Gasteiger partial charge on any atom is -0.362 e. The molecule has 1 aliphatic rings. The molecule has 0 saturated carbocycles. The van der Waals surface area contributed by atoms with Crippen LogP contribution in [0.5, 0.6) is 0 Å². The maximum absolute atomic E-state index is 12.5. The third-order valence-electron chi connectivity index (χ3n) is 4.33. The van der Waals surface area contributed by atoms with Crippen LogP contribution in [0.4, 0.5) is 0 Å². The third-order valence-corrected chi connectivity index (χ3v) is 4.33. The fraction of sp³-hybridized carbons (Fsp3) is 0.812. The van der Waals surface area contributed by atoms with Crippen LogP contribution in [-0.4, -0.2) is 40.1 Å². The normalized spacial score (nSPS) is 22.9. The fourth-order valence-corrected chi connectivity index (χ4v) is 2.99. The van der Waals surface area contributed by atoms with Gasteiger partial charge >= 0.3 is 0 Å². The van der Waals surface area contributed by atoms with Crippen molar-refractivity contribution < 1.29 is 14.1 Å². The zero-order valence-corrected chi connectivity index (χ0v) is 14.0. The second-order valence-electron chi connectivity index (χ2n) is 6.60. The highest BCUT2D eigenvalue weighted by molar-refractivity contribution is 5.77. The third kappa shape index (κ3) is 4.53. The summed E-state index contributed by atoms with van der Waals surface area (Å²) in [4.78, 5) is 18.6. The first-order valence-corrected chi connectivity index (χ1v) is 8.13. The van der Waals surface area contributed by atoms with E-state index in [0.717, 1.165) is 19.4 Å². The van der Waals surface area contributed by atoms with Crippen LogP contribution in [0.3, 0.4) is 0 Å². The van der Waals surface area contributed by atoms with Gasteiger partial charge in [0.2, 0.25) is 5.91 Å². The Labute approximate surface area is 132 Å². The molecular formula is C16H27N3O3. The molecule has 22 heavy (non-hydrogen) atoms. The molecule has 0 aliphatic carbocycles. The van der Waals surface area contributed by atoms with E-state index in [1.807, 2.05) is 4.90 Å². The fourth-order valence-electron chi connectivity index (χ4n) is 2.99. The minimum atomic E-state index is 0.0593. The molecule has 124 valence electrons. The molecule has 1 aromatic rings. The Kier molecular flexibility index (Phi) is 5.94. The summed E-state index contributed by atoms with van der Waals surface area (Å²) < 4.78 is 10.4. The van der Waals surface area contributed by atoms with Crippen molar-refractivity contribution >= 4 is 5.91 Å². The first-order chi connectivity index (χ1) is 10.5. The van der Waals surface area contributed by atoms with Gasteiger partial charge in [0.25, 0.3) is 5.89 Å². The van der Waals surface area contributed by atoms with E-state index in [2.05, 4.69) is 30.9 Å². The van der Waals surface area contributed by atoms with Crippen LogP contribution in [0.25, 0.3) is 0 Å². The van der Waals surface area contributed by atoms with E-state index >= 15 is 0 Å². The predicted molar refractivity (Wildman–Crippen MR) is 82.0 cm³/mol. The summed E-state index contributed by atoms with van der Waals surface area (Å²) in [5.74, 6) is 2.19. The van der Waals surface area contributed by atoms with Gasteiger partial charge in [0.1, 0.15) is 13.2 Å². The van der Waals surface area contributed by atoms with Gasteiger partial charge in [-0.2, -0.15) is 4.98 Å². The lowest BCUT2D eigenvalue weighted by atomic mass is 9.95. The van der Waals surface area contributed by atoms with Crippen molar-refractivity contribution in [3.05, 3.63) is 11.7 Å². The average molecular weight is 309 g/mol. The summed E-state index contributed by atoms with van der Waals surface area (Å²) in [6.07, 6.45) is 3.33. The van der Waals surface area contributed by atoms with Crippen LogP contribution >= 0.6 is 0 Å². The largest absolute Gasteiger partial charge is 0.362 e. The number of carbonyl (C=O) groups excluding carboxylic acids is 1. The lowest BCUT2D eigenvalue weighted by molar-refractivity contribution is -0.140. The molecule has 2 heterocycles. The van der Waals surface area contributed by atoms with Gasteiger partial charge < -0.3 is 14.2 Å². The SMILES string of the molecule is Cc1noc(COCC(=O)N2CCC(C)CCC2C(C)C)n1. The zero-order valence-electron chi connectivity index (χ0n) is 14.0. The standard InChI is InChI=1S/C16H27N3O3/c1-11(2)14-6-5-12(3)7-8-19(14)16(20)10-21-9-15-17-13(4)18-22-15/h11-12,14H,5-10H2,1-4H3. The molecule has 1 aromatic heterocycles. The molecule has 0 bridgehead atoms. The van der Waals surface area contributed by atoms with Gasteiger partial charge in [-0.3, -0.25) is 4.79 Å². The van der Waals surface area contributed by atoms with Crippen LogP contribution in [0, 0.1) is 18.8 Å². The molecule has 2 unspecified atom stereocenters. The number of hydrogen-bond donors (Lipinski definition) is 0. The van der Waals surface area contributed by atoms with Gasteiger partial charge in [0.15, 0.2) is 5.82 Å². The van der Waals surface area contributed by atoms with Crippen LogP contribution in [0.2, 0.25) is 0 Å². The molecule has 2 atom stereocenters. The van der Waals surface area contributed by atoms with Crippen LogP contribution in [0.15, 0.2) is 4.52 Å². The topological polar surface area (TPSA) is 68.5 Å². The van der Waals surface area contributed by atoms with Gasteiger partial charge in [-0.15, -0.1) is 0 Å². The Hall–Kier alpha value is -1.43. The number of aryl methyl sites for hydroxylation is 1. The Morgan fingerprint density at radius 2 is 2.18 bits per heavy atom. The van der Waals surface area contributed by atoms with E-state index in [4.69, 9.17) is 9.26 Å². The Morgan fingerprint density at radius 1 is 1.41 bits per heavy atom. The van der Waals surface area contributed by atoms with E-state index in [1.165, 1.54) is 6.42 Å². The first kappa shape index (κ1) is 16.9. The Morgan fingerprint density at radius 3 is 2.82 bits per heavy atom. The average Bonchev–Trinajstić information content (AvgIpc) is 2.76. The quantitative estimate of drug-likeness (QED) is 0.836. The molecule has 6 nitrogen and oxygen atoms in total. The van der Waals surface area contributed by atoms with E-state index in [1.54, 1.807) is 6.92 Å². The van der Waals surface area contributed by atoms with Gasteiger partial charge in [0, 0.05) is 12.6 Å². The van der Waals surface area contributed by atoms with Gasteiger partial charge in [-0.1, -0.05) is 25.9 Å². The highest BCUT2D eigenvalue weighted by atomic mass is 16.5. The summed E-state index contributed by atoms with van der Waals surface area (Å²) in [5, 5.41) is 3.70. The summed E-state index contributed by atoms with van der Waals surface area (Å²) in [6, 6.07) is 0.312. The van der Waals surface area contributed by atoms with Gasteiger partial charge in [0.05, 0.1) is 0 Å². The number of ether oxygens (including phenoxy) is 1. The summed E-state index contributed by atoms with van der Waals surface area (Å²) in [6.45, 7) is 9.46. The van der Waals surface area contributed by atoms with Crippen molar-refractivity contribution in [3.8, 4) is 0 Å². The number of rotatable bonds is 5. The first-order valence-electron chi connectivity index (χ1n) is 8.13. The number of likely N-dealkylation sites (tertiary alicyclic amines) is 1. The van der Waals surface area contributed by atoms with Crippen molar-refractivity contribution in [1.82, 2.24) is 15.0 Å². The van der Waals surface area contributed by atoms with Crippen molar-refractivity contribution in [3.63, 3.8) is 0 Å². The molecule has 2 rings (SSSR count). The number of amides is 1. The molecule has 1 fully saturated rings. The van der Waals surface area contributed by atoms with Crippen molar-refractivity contribution in [2.24, 2.45) is 11.8 Å². The van der Waals surface area contributed by atoms with Crippen molar-refractivity contribution in [1.29, 1.82) is 0 Å². The highest BCUT2D eigenvalue weighted by Gasteiger charge is 2.29. The smallest absolute Gasteiger partial charge is 0.252 e. The second kappa shape index (κ2) is 7.72. The monoisotopic (exact) mass is 309 g/mol. The molecule has 6 heteroatoms. The molecule has 0 spiro atoms. The number of nitrogens with zero attached hydrogens (tertiary/aromatic N) is 3. The highest BCUT2D eigenvalue weighted by Crippen LogP contribution is 2.26. The summed E-state index contributed by atoms with van der Waals surface area (Å²) in [5.41, 5.74) is 0. The van der Waals surface area contributed by atoms with E-state index in [9.17, 15) is 4.79 Å². The van der Waals surface area contributed by atoms with Crippen molar-refractivity contribution in [2.45, 2.75) is 59.6 Å². The van der Waals surface area contributed by atoms with Crippen LogP contribution in [-0.2, 0) is 16.1 Å². The van der Waals surface area contributed by atoms with E-state index < -0.39 is 0 Å². The maximum atomic E-state index is 12.5. The Balaban J connectivity index is 1.88. The van der Waals surface area contributed by atoms with Crippen molar-refractivity contribution in [2.75, 3.05) is 13.2 Å². The predicted octanol–water partition coefficient (Wildman–Crippen LogP) is 2.57. The molecule has 1 aliphatic heterocycles. The maximum Gasteiger partial charge on any atom is 0.252 e. The summed E-state index contributed by atoms with van der Waals surface area (Å²) in [7, 11) is 0. The van der Waals surface area contributed by atoms with E-state index in [-0.39, 0.29) is 19.1 Å². The lowest BCUT2D eigenvalue weighted by Gasteiger charge is -2.32. The number of carbonyl (C=O) groups is 1. The van der Waals surface area contributed by atoms with E-state index in [0.29, 0.717) is 29.6 Å².